The van der Waals surface area contributed by atoms with Crippen molar-refractivity contribution in [3.63, 3.8) is 0 Å². The van der Waals surface area contributed by atoms with Gasteiger partial charge in [-0.1, -0.05) is 65.7 Å². The van der Waals surface area contributed by atoms with Gasteiger partial charge in [-0.05, 0) is 54.8 Å². The van der Waals surface area contributed by atoms with Crippen LogP contribution in [-0.2, 0) is 4.79 Å². The summed E-state index contributed by atoms with van der Waals surface area (Å²) in [6.45, 7) is 7.04. The Morgan fingerprint density at radius 3 is 2.26 bits per heavy atom. The molecule has 1 unspecified atom stereocenters. The van der Waals surface area contributed by atoms with Gasteiger partial charge in [-0.25, -0.2) is 4.79 Å². The fourth-order valence-corrected chi connectivity index (χ4v) is 3.91. The van der Waals surface area contributed by atoms with Gasteiger partial charge in [0.05, 0.1) is 24.1 Å². The first kappa shape index (κ1) is 29.8. The molecule has 39 heavy (non-hydrogen) atoms. The largest absolute Gasteiger partial charge is 0.493 e. The number of unbranched alkanes of at least 4 members (excludes halogenated alkanes) is 6. The number of hydrogen-bond acceptors (Lipinski definition) is 7. The van der Waals surface area contributed by atoms with E-state index in [1.165, 1.54) is 25.7 Å². The number of rotatable bonds is 16. The van der Waals surface area contributed by atoms with E-state index < -0.39 is 5.97 Å². The Balaban J connectivity index is 1.58. The fraction of sp³-hybridized carbons (Fsp3) is 0.438. The van der Waals surface area contributed by atoms with Crippen molar-refractivity contribution < 1.29 is 23.8 Å². The molecule has 3 aromatic rings. The van der Waals surface area contributed by atoms with Crippen LogP contribution in [0.25, 0.3) is 11.3 Å². The van der Waals surface area contributed by atoms with Gasteiger partial charge >= 0.3 is 11.9 Å². The molecule has 2 aromatic carbocycles. The number of benzene rings is 2. The molecule has 7 nitrogen and oxygen atoms in total. The van der Waals surface area contributed by atoms with Crippen LogP contribution in [0.15, 0.2) is 61.1 Å². The predicted molar refractivity (Wildman–Crippen MR) is 152 cm³/mol. The van der Waals surface area contributed by atoms with Crippen molar-refractivity contribution in [3.05, 3.63) is 66.6 Å². The van der Waals surface area contributed by atoms with Crippen LogP contribution in [-0.4, -0.2) is 28.5 Å². The summed E-state index contributed by atoms with van der Waals surface area (Å²) in [6.07, 6.45) is 14.2. The Morgan fingerprint density at radius 2 is 1.56 bits per heavy atom. The highest BCUT2D eigenvalue weighted by Gasteiger charge is 2.16. The third kappa shape index (κ3) is 10.2. The van der Waals surface area contributed by atoms with Crippen LogP contribution < -0.4 is 14.2 Å². The first-order valence-corrected chi connectivity index (χ1v) is 14.1. The van der Waals surface area contributed by atoms with E-state index in [1.54, 1.807) is 55.0 Å². The Hall–Kier alpha value is -3.74. The van der Waals surface area contributed by atoms with Crippen LogP contribution in [0.5, 0.6) is 17.2 Å². The van der Waals surface area contributed by atoms with E-state index in [2.05, 4.69) is 30.7 Å². The molecule has 0 spiro atoms. The van der Waals surface area contributed by atoms with E-state index in [1.807, 2.05) is 6.07 Å². The normalized spacial score (nSPS) is 11.6. The fourth-order valence-electron chi connectivity index (χ4n) is 3.91. The second-order valence-corrected chi connectivity index (χ2v) is 9.83. The van der Waals surface area contributed by atoms with Gasteiger partial charge in [-0.3, -0.25) is 14.8 Å². The zero-order valence-electron chi connectivity index (χ0n) is 23.4. The average molecular weight is 533 g/mol. The smallest absolute Gasteiger partial charge is 0.343 e. The minimum Gasteiger partial charge on any atom is -0.493 e. The van der Waals surface area contributed by atoms with E-state index >= 15 is 0 Å². The van der Waals surface area contributed by atoms with Crippen molar-refractivity contribution in [2.24, 2.45) is 5.92 Å². The quantitative estimate of drug-likeness (QED) is 0.105. The lowest BCUT2D eigenvalue weighted by molar-refractivity contribution is -0.134. The van der Waals surface area contributed by atoms with Crippen molar-refractivity contribution in [2.75, 3.05) is 6.61 Å². The van der Waals surface area contributed by atoms with Crippen LogP contribution >= 0.6 is 0 Å². The van der Waals surface area contributed by atoms with Crippen LogP contribution in [0.2, 0.25) is 0 Å². The van der Waals surface area contributed by atoms with Gasteiger partial charge in [-0.2, -0.15) is 0 Å². The Bertz CT molecular complexity index is 1160. The molecule has 1 aromatic heterocycles. The maximum absolute atomic E-state index is 12.9. The van der Waals surface area contributed by atoms with Gasteiger partial charge in [0.1, 0.15) is 17.2 Å². The molecule has 0 aliphatic heterocycles. The maximum Gasteiger partial charge on any atom is 0.343 e. The van der Waals surface area contributed by atoms with E-state index in [-0.39, 0.29) is 5.97 Å². The first-order valence-electron chi connectivity index (χ1n) is 14.1. The molecule has 0 bridgehead atoms. The van der Waals surface area contributed by atoms with Gasteiger partial charge in [0, 0.05) is 24.4 Å². The lowest BCUT2D eigenvalue weighted by atomic mass is 10.1. The molecule has 3 rings (SSSR count). The molecular formula is C32H40N2O5. The molecule has 0 amide bonds. The van der Waals surface area contributed by atoms with E-state index in [4.69, 9.17) is 14.2 Å². The molecule has 208 valence electrons. The Morgan fingerprint density at radius 1 is 0.846 bits per heavy atom. The van der Waals surface area contributed by atoms with Gasteiger partial charge in [0.2, 0.25) is 0 Å². The van der Waals surface area contributed by atoms with Crippen LogP contribution in [0.3, 0.4) is 0 Å². The third-order valence-electron chi connectivity index (χ3n) is 6.53. The molecule has 0 fully saturated rings. The molecule has 7 heteroatoms. The Kier molecular flexibility index (Phi) is 12.4. The van der Waals surface area contributed by atoms with Gasteiger partial charge in [-0.15, -0.1) is 0 Å². The summed E-state index contributed by atoms with van der Waals surface area (Å²) < 4.78 is 17.1. The number of aromatic nitrogens is 2. The highest BCUT2D eigenvalue weighted by molar-refractivity contribution is 5.92. The molecule has 1 heterocycles. The molecule has 0 saturated carbocycles. The van der Waals surface area contributed by atoms with Crippen molar-refractivity contribution in [1.29, 1.82) is 0 Å². The summed E-state index contributed by atoms with van der Waals surface area (Å²) in [5.41, 5.74) is 1.51. The van der Waals surface area contributed by atoms with E-state index in [0.717, 1.165) is 25.7 Å². The summed E-state index contributed by atoms with van der Waals surface area (Å²) in [4.78, 5) is 33.6. The summed E-state index contributed by atoms with van der Waals surface area (Å²) in [6, 6.07) is 11.7. The summed E-state index contributed by atoms with van der Waals surface area (Å²) in [5, 5.41) is 0. The lowest BCUT2D eigenvalue weighted by Crippen LogP contribution is -2.11. The summed E-state index contributed by atoms with van der Waals surface area (Å²) in [5.74, 6) is 1.05. The number of hydrogen-bond donors (Lipinski definition) is 0. The minimum absolute atomic E-state index is 0.261. The Labute approximate surface area is 231 Å². The number of carbonyl (C=O) groups excluding carboxylic acids is 2. The number of ether oxygens (including phenoxy) is 3. The molecule has 0 aliphatic carbocycles. The van der Waals surface area contributed by atoms with Crippen molar-refractivity contribution in [1.82, 2.24) is 9.97 Å². The predicted octanol–water partition coefficient (Wildman–Crippen LogP) is 7.83. The monoisotopic (exact) mass is 532 g/mol. The zero-order valence-corrected chi connectivity index (χ0v) is 23.4. The molecular weight excluding hydrogens is 492 g/mol. The number of esters is 2. The van der Waals surface area contributed by atoms with Crippen molar-refractivity contribution >= 4 is 11.9 Å². The minimum atomic E-state index is -0.533. The molecule has 0 N–H and O–H groups in total. The van der Waals surface area contributed by atoms with Crippen molar-refractivity contribution in [2.45, 2.75) is 78.6 Å². The van der Waals surface area contributed by atoms with Crippen molar-refractivity contribution in [3.8, 4) is 28.5 Å². The van der Waals surface area contributed by atoms with Crippen LogP contribution in [0.1, 0.15) is 88.9 Å². The zero-order chi connectivity index (χ0) is 27.9. The maximum atomic E-state index is 12.9. The number of carbonyl (C=O) groups is 2. The van der Waals surface area contributed by atoms with E-state index in [9.17, 15) is 9.59 Å². The lowest BCUT2D eigenvalue weighted by Gasteiger charge is -2.14. The van der Waals surface area contributed by atoms with Gasteiger partial charge < -0.3 is 14.2 Å². The van der Waals surface area contributed by atoms with Gasteiger partial charge in [0.15, 0.2) is 0 Å². The molecule has 0 saturated heterocycles. The van der Waals surface area contributed by atoms with E-state index in [0.29, 0.717) is 53.0 Å². The average Bonchev–Trinajstić information content (AvgIpc) is 2.96. The number of nitrogens with zero attached hydrogens (tertiary/aromatic N) is 2. The first-order chi connectivity index (χ1) is 19.0. The molecule has 1 atom stereocenters. The molecule has 0 radical (unpaired) electrons. The van der Waals surface area contributed by atoms with Gasteiger partial charge in [0.25, 0.3) is 0 Å². The highest BCUT2D eigenvalue weighted by atomic mass is 16.5. The second-order valence-electron chi connectivity index (χ2n) is 9.83. The third-order valence-corrected chi connectivity index (χ3v) is 6.53. The van der Waals surface area contributed by atoms with Crippen LogP contribution in [0.4, 0.5) is 0 Å². The molecule has 0 aliphatic rings. The SMILES string of the molecule is CCCCCCCCCC(=O)Oc1ccc(C(=O)Oc2ccc(OCC(C)CC)cc2-c2cnccn2)cc1. The summed E-state index contributed by atoms with van der Waals surface area (Å²) >= 11 is 0. The standard InChI is InChI=1S/C32H40N2O5/c1-4-6-7-8-9-10-11-12-31(35)38-26-15-13-25(14-16-26)32(36)39-30-18-17-27(37-23-24(3)5-2)21-28(30)29-22-33-19-20-34-29/h13-22,24H,4-12,23H2,1-3H3. The highest BCUT2D eigenvalue weighted by Crippen LogP contribution is 2.33. The summed E-state index contributed by atoms with van der Waals surface area (Å²) in [7, 11) is 0. The topological polar surface area (TPSA) is 87.6 Å². The van der Waals surface area contributed by atoms with Crippen LogP contribution in [0, 0.1) is 5.92 Å². The second kappa shape index (κ2) is 16.3.